The molecule has 2 rings (SSSR count). The highest BCUT2D eigenvalue weighted by Gasteiger charge is 2.12. The molecule has 1 unspecified atom stereocenters. The van der Waals surface area contributed by atoms with Crippen molar-refractivity contribution in [1.82, 2.24) is 15.3 Å². The Balaban J connectivity index is 2.33. The molecule has 3 nitrogen and oxygen atoms in total. The van der Waals surface area contributed by atoms with Crippen molar-refractivity contribution in [1.29, 1.82) is 0 Å². The average molecular weight is 234 g/mol. The van der Waals surface area contributed by atoms with Crippen LogP contribution in [0, 0.1) is 0 Å². The fourth-order valence-electron chi connectivity index (χ4n) is 1.61. The van der Waals surface area contributed by atoms with Crippen LogP contribution in [0.25, 0.3) is 0 Å². The van der Waals surface area contributed by atoms with Crippen molar-refractivity contribution in [3.63, 3.8) is 0 Å². The smallest absolute Gasteiger partial charge is 0.115 e. The van der Waals surface area contributed by atoms with Gasteiger partial charge >= 0.3 is 0 Å². The first kappa shape index (κ1) is 11.0. The molecule has 1 atom stereocenters. The second-order valence-electron chi connectivity index (χ2n) is 3.41. The van der Waals surface area contributed by atoms with Gasteiger partial charge in [-0.2, -0.15) is 0 Å². The monoisotopic (exact) mass is 233 g/mol. The van der Waals surface area contributed by atoms with Crippen molar-refractivity contribution in [3.05, 3.63) is 59.1 Å². The van der Waals surface area contributed by atoms with Gasteiger partial charge in [0.2, 0.25) is 0 Å². The molecule has 0 aliphatic carbocycles. The zero-order valence-corrected chi connectivity index (χ0v) is 9.65. The van der Waals surface area contributed by atoms with Crippen molar-refractivity contribution >= 4 is 11.6 Å². The van der Waals surface area contributed by atoms with Crippen LogP contribution in [0.5, 0.6) is 0 Å². The summed E-state index contributed by atoms with van der Waals surface area (Å²) in [4.78, 5) is 8.15. The topological polar surface area (TPSA) is 37.8 Å². The second kappa shape index (κ2) is 5.05. The molecular weight excluding hydrogens is 222 g/mol. The van der Waals surface area contributed by atoms with Crippen LogP contribution < -0.4 is 5.32 Å². The molecule has 1 aromatic carbocycles. The van der Waals surface area contributed by atoms with Crippen molar-refractivity contribution in [2.45, 2.75) is 6.04 Å². The number of benzene rings is 1. The standard InChI is InChI=1S/C12H12ClN3/c1-14-12(11-6-7-15-8-16-11)9-2-4-10(13)5-3-9/h2-8,12,14H,1H3. The van der Waals surface area contributed by atoms with Crippen LogP contribution in [0.1, 0.15) is 17.3 Å². The maximum Gasteiger partial charge on any atom is 0.115 e. The maximum atomic E-state index is 5.86. The summed E-state index contributed by atoms with van der Waals surface area (Å²) in [5.74, 6) is 0. The first-order valence-electron chi connectivity index (χ1n) is 5.00. The quantitative estimate of drug-likeness (QED) is 0.885. The Kier molecular flexibility index (Phi) is 3.49. The van der Waals surface area contributed by atoms with E-state index in [0.29, 0.717) is 0 Å². The third-order valence-electron chi connectivity index (χ3n) is 2.39. The average Bonchev–Trinajstić information content (AvgIpc) is 2.34. The first-order valence-corrected chi connectivity index (χ1v) is 5.37. The van der Waals surface area contributed by atoms with E-state index in [2.05, 4.69) is 15.3 Å². The van der Waals surface area contributed by atoms with Crippen molar-refractivity contribution in [2.75, 3.05) is 7.05 Å². The van der Waals surface area contributed by atoms with Crippen LogP contribution in [0.3, 0.4) is 0 Å². The van der Waals surface area contributed by atoms with E-state index in [9.17, 15) is 0 Å². The zero-order chi connectivity index (χ0) is 11.4. The van der Waals surface area contributed by atoms with E-state index in [4.69, 9.17) is 11.6 Å². The van der Waals surface area contributed by atoms with E-state index in [1.54, 1.807) is 12.5 Å². The molecule has 0 bridgehead atoms. The van der Waals surface area contributed by atoms with Gasteiger partial charge in [0.05, 0.1) is 11.7 Å². The molecule has 16 heavy (non-hydrogen) atoms. The minimum absolute atomic E-state index is 0.0697. The third-order valence-corrected chi connectivity index (χ3v) is 2.64. The van der Waals surface area contributed by atoms with Gasteiger partial charge in [0, 0.05) is 11.2 Å². The van der Waals surface area contributed by atoms with Gasteiger partial charge < -0.3 is 5.32 Å². The molecule has 1 heterocycles. The van der Waals surface area contributed by atoms with Gasteiger partial charge in [-0.1, -0.05) is 23.7 Å². The fourth-order valence-corrected chi connectivity index (χ4v) is 1.74. The summed E-state index contributed by atoms with van der Waals surface area (Å²) < 4.78 is 0. The molecule has 0 spiro atoms. The summed E-state index contributed by atoms with van der Waals surface area (Å²) >= 11 is 5.86. The first-order chi connectivity index (χ1) is 7.81. The highest BCUT2D eigenvalue weighted by atomic mass is 35.5. The van der Waals surface area contributed by atoms with E-state index in [1.165, 1.54) is 0 Å². The molecule has 0 saturated carbocycles. The number of hydrogen-bond acceptors (Lipinski definition) is 3. The van der Waals surface area contributed by atoms with Crippen LogP contribution in [0.4, 0.5) is 0 Å². The van der Waals surface area contributed by atoms with Crippen molar-refractivity contribution < 1.29 is 0 Å². The molecule has 82 valence electrons. The Bertz CT molecular complexity index is 442. The van der Waals surface area contributed by atoms with E-state index in [-0.39, 0.29) is 6.04 Å². The summed E-state index contributed by atoms with van der Waals surface area (Å²) in [6.45, 7) is 0. The molecule has 0 aliphatic heterocycles. The minimum Gasteiger partial charge on any atom is -0.308 e. The Morgan fingerprint density at radius 1 is 1.19 bits per heavy atom. The van der Waals surface area contributed by atoms with Crippen LogP contribution >= 0.6 is 11.6 Å². The lowest BCUT2D eigenvalue weighted by atomic mass is 10.0. The Morgan fingerprint density at radius 2 is 1.94 bits per heavy atom. The lowest BCUT2D eigenvalue weighted by molar-refractivity contribution is 0.668. The van der Waals surface area contributed by atoms with E-state index < -0.39 is 0 Å². The summed E-state index contributed by atoms with van der Waals surface area (Å²) in [7, 11) is 1.90. The zero-order valence-electron chi connectivity index (χ0n) is 8.89. The second-order valence-corrected chi connectivity index (χ2v) is 3.84. The number of rotatable bonds is 3. The lowest BCUT2D eigenvalue weighted by Gasteiger charge is -2.15. The van der Waals surface area contributed by atoms with Crippen molar-refractivity contribution in [2.24, 2.45) is 0 Å². The van der Waals surface area contributed by atoms with E-state index in [1.807, 2.05) is 37.4 Å². The molecule has 0 aliphatic rings. The number of hydrogen-bond donors (Lipinski definition) is 1. The van der Waals surface area contributed by atoms with E-state index in [0.717, 1.165) is 16.3 Å². The van der Waals surface area contributed by atoms with Gasteiger partial charge in [-0.15, -0.1) is 0 Å². The highest BCUT2D eigenvalue weighted by Crippen LogP contribution is 2.21. The van der Waals surface area contributed by atoms with Crippen LogP contribution in [0.15, 0.2) is 42.9 Å². The maximum absolute atomic E-state index is 5.86. The lowest BCUT2D eigenvalue weighted by Crippen LogP contribution is -2.18. The van der Waals surface area contributed by atoms with Gasteiger partial charge in [0.1, 0.15) is 6.33 Å². The Morgan fingerprint density at radius 3 is 2.50 bits per heavy atom. The highest BCUT2D eigenvalue weighted by molar-refractivity contribution is 6.30. The molecular formula is C12H12ClN3. The molecule has 0 saturated heterocycles. The predicted octanol–water partition coefficient (Wildman–Crippen LogP) is 2.44. The summed E-state index contributed by atoms with van der Waals surface area (Å²) in [5, 5.41) is 3.96. The Hall–Kier alpha value is -1.45. The molecule has 0 amide bonds. The molecule has 0 radical (unpaired) electrons. The van der Waals surface area contributed by atoms with Gasteiger partial charge in [0.15, 0.2) is 0 Å². The van der Waals surface area contributed by atoms with Gasteiger partial charge in [-0.05, 0) is 30.8 Å². The Labute approximate surface area is 99.5 Å². The third kappa shape index (κ3) is 2.38. The molecule has 4 heteroatoms. The van der Waals surface area contributed by atoms with Crippen molar-refractivity contribution in [3.8, 4) is 0 Å². The fraction of sp³-hybridized carbons (Fsp3) is 0.167. The number of halogens is 1. The predicted molar refractivity (Wildman–Crippen MR) is 64.4 cm³/mol. The van der Waals surface area contributed by atoms with Crippen LogP contribution in [-0.2, 0) is 0 Å². The van der Waals surface area contributed by atoms with Crippen LogP contribution in [-0.4, -0.2) is 17.0 Å². The van der Waals surface area contributed by atoms with E-state index >= 15 is 0 Å². The number of aromatic nitrogens is 2. The van der Waals surface area contributed by atoms with Crippen LogP contribution in [0.2, 0.25) is 5.02 Å². The normalized spacial score (nSPS) is 12.4. The molecule has 2 aromatic rings. The molecule has 1 N–H and O–H groups in total. The number of nitrogens with one attached hydrogen (secondary N) is 1. The summed E-state index contributed by atoms with van der Waals surface area (Å²) in [5.41, 5.74) is 2.07. The van der Waals surface area contributed by atoms with Gasteiger partial charge in [0.25, 0.3) is 0 Å². The summed E-state index contributed by atoms with van der Waals surface area (Å²) in [6, 6.07) is 9.71. The van der Waals surface area contributed by atoms with Gasteiger partial charge in [-0.3, -0.25) is 0 Å². The SMILES string of the molecule is CNC(c1ccc(Cl)cc1)c1ccncn1. The van der Waals surface area contributed by atoms with Gasteiger partial charge in [-0.25, -0.2) is 9.97 Å². The molecule has 0 fully saturated rings. The summed E-state index contributed by atoms with van der Waals surface area (Å²) in [6.07, 6.45) is 3.29. The number of nitrogens with zero attached hydrogens (tertiary/aromatic N) is 2. The molecule has 1 aromatic heterocycles. The largest absolute Gasteiger partial charge is 0.308 e. The minimum atomic E-state index is 0.0697.